The molecule has 2 atom stereocenters. The van der Waals surface area contributed by atoms with Crippen molar-refractivity contribution in [3.05, 3.63) is 34.9 Å². The molecule has 0 bridgehead atoms. The van der Waals surface area contributed by atoms with Crippen LogP contribution in [0.2, 0.25) is 5.02 Å². The maximum Gasteiger partial charge on any atom is 0.0802 e. The zero-order valence-electron chi connectivity index (χ0n) is 12.1. The highest BCUT2D eigenvalue weighted by atomic mass is 35.5. The Labute approximate surface area is 126 Å². The molecule has 1 N–H and O–H groups in total. The second kappa shape index (κ2) is 7.99. The summed E-state index contributed by atoms with van der Waals surface area (Å²) in [5.74, 6) is 0. The smallest absolute Gasteiger partial charge is 0.0802 e. The Balaban J connectivity index is 1.71. The van der Waals surface area contributed by atoms with Gasteiger partial charge in [-0.15, -0.1) is 0 Å². The van der Waals surface area contributed by atoms with Crippen molar-refractivity contribution >= 4 is 11.6 Å². The number of hydrogen-bond acceptors (Lipinski definition) is 3. The highest BCUT2D eigenvalue weighted by molar-refractivity contribution is 6.30. The van der Waals surface area contributed by atoms with Crippen LogP contribution in [0.1, 0.15) is 37.4 Å². The molecule has 0 amide bonds. The lowest BCUT2D eigenvalue weighted by Crippen LogP contribution is -2.34. The number of likely N-dealkylation sites (N-methyl/N-ethyl adjacent to an activating group) is 1. The van der Waals surface area contributed by atoms with Gasteiger partial charge in [0.15, 0.2) is 0 Å². The van der Waals surface area contributed by atoms with Gasteiger partial charge in [-0.3, -0.25) is 0 Å². The first-order chi connectivity index (χ1) is 9.65. The van der Waals surface area contributed by atoms with E-state index >= 15 is 0 Å². The molecule has 0 aromatic heterocycles. The summed E-state index contributed by atoms with van der Waals surface area (Å²) in [6.45, 7) is 2.71. The molecular weight excluding hydrogens is 274 g/mol. The van der Waals surface area contributed by atoms with E-state index in [1.165, 1.54) is 12.8 Å². The predicted octanol–water partition coefficient (Wildman–Crippen LogP) is 3.26. The van der Waals surface area contributed by atoms with Gasteiger partial charge >= 0.3 is 0 Å². The molecule has 1 aromatic rings. The topological polar surface area (TPSA) is 32.7 Å². The first kappa shape index (κ1) is 15.8. The molecule has 1 heterocycles. The van der Waals surface area contributed by atoms with Crippen molar-refractivity contribution in [1.29, 1.82) is 0 Å². The Hall–Kier alpha value is -0.610. The second-order valence-corrected chi connectivity index (χ2v) is 6.04. The van der Waals surface area contributed by atoms with Crippen LogP contribution in [0.15, 0.2) is 24.3 Å². The Morgan fingerprint density at radius 2 is 2.10 bits per heavy atom. The van der Waals surface area contributed by atoms with Crippen molar-refractivity contribution in [3.8, 4) is 0 Å². The van der Waals surface area contributed by atoms with Gasteiger partial charge in [-0.05, 0) is 50.4 Å². The van der Waals surface area contributed by atoms with Gasteiger partial charge in [-0.25, -0.2) is 0 Å². The highest BCUT2D eigenvalue weighted by Gasteiger charge is 2.16. The molecule has 0 saturated carbocycles. The van der Waals surface area contributed by atoms with Crippen LogP contribution in [0.3, 0.4) is 0 Å². The number of rotatable bonds is 6. The van der Waals surface area contributed by atoms with Crippen molar-refractivity contribution in [1.82, 2.24) is 4.90 Å². The van der Waals surface area contributed by atoms with Gasteiger partial charge in [0.05, 0.1) is 12.2 Å². The summed E-state index contributed by atoms with van der Waals surface area (Å²) < 4.78 is 5.73. The molecule has 20 heavy (non-hydrogen) atoms. The standard InChI is InChI=1S/C16H24ClNO2/c1-18(12-15-4-2-3-11-20-15)10-9-16(19)13-5-7-14(17)8-6-13/h5-8,15-16,19H,2-4,9-12H2,1H3. The van der Waals surface area contributed by atoms with Gasteiger partial charge in [-0.2, -0.15) is 0 Å². The normalized spacial score (nSPS) is 21.1. The molecule has 1 aliphatic rings. The van der Waals surface area contributed by atoms with Gasteiger partial charge in [0.2, 0.25) is 0 Å². The fraction of sp³-hybridized carbons (Fsp3) is 0.625. The predicted molar refractivity (Wildman–Crippen MR) is 82.1 cm³/mol. The summed E-state index contributed by atoms with van der Waals surface area (Å²) in [5.41, 5.74) is 0.928. The van der Waals surface area contributed by atoms with Gasteiger partial charge in [0.1, 0.15) is 0 Å². The minimum absolute atomic E-state index is 0.362. The van der Waals surface area contributed by atoms with Crippen molar-refractivity contribution in [2.45, 2.75) is 37.9 Å². The summed E-state index contributed by atoms with van der Waals surface area (Å²) in [6.07, 6.45) is 4.28. The molecule has 0 radical (unpaired) electrons. The maximum absolute atomic E-state index is 10.2. The summed E-state index contributed by atoms with van der Waals surface area (Å²) in [6, 6.07) is 7.41. The number of ether oxygens (including phenoxy) is 1. The number of halogens is 1. The van der Waals surface area contributed by atoms with Gasteiger partial charge in [0, 0.05) is 24.7 Å². The lowest BCUT2D eigenvalue weighted by atomic mass is 10.1. The Morgan fingerprint density at radius 3 is 2.75 bits per heavy atom. The molecule has 3 nitrogen and oxygen atoms in total. The van der Waals surface area contributed by atoms with Crippen LogP contribution in [0, 0.1) is 0 Å². The van der Waals surface area contributed by atoms with Crippen LogP contribution in [-0.4, -0.2) is 42.9 Å². The second-order valence-electron chi connectivity index (χ2n) is 5.61. The molecule has 1 fully saturated rings. The fourth-order valence-corrected chi connectivity index (χ4v) is 2.71. The SMILES string of the molecule is CN(CCC(O)c1ccc(Cl)cc1)CC1CCCCO1. The van der Waals surface area contributed by atoms with Crippen LogP contribution in [0.25, 0.3) is 0 Å². The molecule has 1 saturated heterocycles. The first-order valence-corrected chi connectivity index (χ1v) is 7.76. The average molecular weight is 298 g/mol. The molecule has 4 heteroatoms. The van der Waals surface area contributed by atoms with Crippen LogP contribution in [-0.2, 0) is 4.74 Å². The van der Waals surface area contributed by atoms with E-state index in [0.717, 1.165) is 38.1 Å². The van der Waals surface area contributed by atoms with Crippen molar-refractivity contribution in [3.63, 3.8) is 0 Å². The Bertz CT molecular complexity index is 390. The highest BCUT2D eigenvalue weighted by Crippen LogP contribution is 2.20. The molecular formula is C16H24ClNO2. The monoisotopic (exact) mass is 297 g/mol. The van der Waals surface area contributed by atoms with E-state index in [9.17, 15) is 5.11 Å². The maximum atomic E-state index is 10.2. The van der Waals surface area contributed by atoms with Crippen molar-refractivity contribution in [2.24, 2.45) is 0 Å². The summed E-state index contributed by atoms with van der Waals surface area (Å²) in [5, 5.41) is 10.9. The van der Waals surface area contributed by atoms with Crippen LogP contribution in [0.5, 0.6) is 0 Å². The van der Waals surface area contributed by atoms with E-state index in [2.05, 4.69) is 11.9 Å². The van der Waals surface area contributed by atoms with Crippen LogP contribution < -0.4 is 0 Å². The lowest BCUT2D eigenvalue weighted by molar-refractivity contribution is -0.00327. The van der Waals surface area contributed by atoms with E-state index in [4.69, 9.17) is 16.3 Å². The molecule has 2 unspecified atom stereocenters. The number of aliphatic hydroxyl groups excluding tert-OH is 1. The molecule has 1 aromatic carbocycles. The molecule has 0 spiro atoms. The largest absolute Gasteiger partial charge is 0.388 e. The minimum Gasteiger partial charge on any atom is -0.388 e. The Morgan fingerprint density at radius 1 is 1.35 bits per heavy atom. The number of nitrogens with zero attached hydrogens (tertiary/aromatic N) is 1. The molecule has 2 rings (SSSR count). The lowest BCUT2D eigenvalue weighted by Gasteiger charge is -2.27. The van der Waals surface area contributed by atoms with Gasteiger partial charge in [0.25, 0.3) is 0 Å². The summed E-state index contributed by atoms with van der Waals surface area (Å²) in [7, 11) is 2.09. The van der Waals surface area contributed by atoms with E-state index < -0.39 is 6.10 Å². The van der Waals surface area contributed by atoms with Crippen LogP contribution in [0.4, 0.5) is 0 Å². The van der Waals surface area contributed by atoms with E-state index in [0.29, 0.717) is 11.1 Å². The van der Waals surface area contributed by atoms with Gasteiger partial charge < -0.3 is 14.7 Å². The molecule has 112 valence electrons. The first-order valence-electron chi connectivity index (χ1n) is 7.39. The van der Waals surface area contributed by atoms with E-state index in [1.54, 1.807) is 0 Å². The third-order valence-corrected chi connectivity index (χ3v) is 4.08. The average Bonchev–Trinajstić information content (AvgIpc) is 2.46. The summed E-state index contributed by atoms with van der Waals surface area (Å²) >= 11 is 5.85. The van der Waals surface area contributed by atoms with Crippen molar-refractivity contribution < 1.29 is 9.84 Å². The fourth-order valence-electron chi connectivity index (χ4n) is 2.58. The third-order valence-electron chi connectivity index (χ3n) is 3.83. The zero-order valence-corrected chi connectivity index (χ0v) is 12.9. The minimum atomic E-state index is -0.429. The number of aliphatic hydroxyl groups is 1. The zero-order chi connectivity index (χ0) is 14.4. The molecule has 0 aliphatic carbocycles. The number of benzene rings is 1. The van der Waals surface area contributed by atoms with E-state index in [1.807, 2.05) is 24.3 Å². The Kier molecular flexibility index (Phi) is 6.30. The number of hydrogen-bond donors (Lipinski definition) is 1. The third kappa shape index (κ3) is 5.06. The molecule has 1 aliphatic heterocycles. The van der Waals surface area contributed by atoms with Gasteiger partial charge in [-0.1, -0.05) is 23.7 Å². The summed E-state index contributed by atoms with van der Waals surface area (Å²) in [4.78, 5) is 2.25. The van der Waals surface area contributed by atoms with Crippen LogP contribution >= 0.6 is 11.6 Å². The quantitative estimate of drug-likeness (QED) is 0.875. The van der Waals surface area contributed by atoms with E-state index in [-0.39, 0.29) is 0 Å². The van der Waals surface area contributed by atoms with Crippen molar-refractivity contribution in [2.75, 3.05) is 26.7 Å².